The van der Waals surface area contributed by atoms with Crippen LogP contribution in [0, 0.1) is 13.8 Å². The second-order valence-corrected chi connectivity index (χ2v) is 7.68. The Labute approximate surface area is 149 Å². The number of Topliss-reactive ketones (excluding diaryl/α,β-unsaturated/α-hetero) is 1. The number of nitrogens with zero attached hydrogens (tertiary/aromatic N) is 1. The molecule has 2 N–H and O–H groups in total. The lowest BCUT2D eigenvalue weighted by Gasteiger charge is -2.22. The summed E-state index contributed by atoms with van der Waals surface area (Å²) in [4.78, 5) is 27.4. The van der Waals surface area contributed by atoms with E-state index in [0.717, 1.165) is 26.6 Å². The van der Waals surface area contributed by atoms with Crippen LogP contribution in [-0.4, -0.2) is 21.9 Å². The minimum atomic E-state index is -0.523. The first-order valence-corrected chi connectivity index (χ1v) is 8.91. The molecule has 5 nitrogen and oxygen atoms in total. The van der Waals surface area contributed by atoms with Crippen molar-refractivity contribution in [1.29, 1.82) is 0 Å². The van der Waals surface area contributed by atoms with Gasteiger partial charge in [0.1, 0.15) is 0 Å². The zero-order valence-corrected chi connectivity index (χ0v) is 14.7. The van der Waals surface area contributed by atoms with Crippen molar-refractivity contribution in [2.45, 2.75) is 26.2 Å². The Kier molecular flexibility index (Phi) is 3.77. The molecule has 2 aromatic heterocycles. The first-order valence-electron chi connectivity index (χ1n) is 8.09. The van der Waals surface area contributed by atoms with Crippen molar-refractivity contribution in [2.75, 3.05) is 5.32 Å². The van der Waals surface area contributed by atoms with Gasteiger partial charge in [0, 0.05) is 27.3 Å². The predicted octanol–water partition coefficient (Wildman–Crippen LogP) is 4.06. The molecule has 25 heavy (non-hydrogen) atoms. The molecular formula is C19H17N3O2S. The Morgan fingerprint density at radius 2 is 2.00 bits per heavy atom. The van der Waals surface area contributed by atoms with Gasteiger partial charge in [-0.3, -0.25) is 14.7 Å². The van der Waals surface area contributed by atoms with Crippen molar-refractivity contribution in [3.63, 3.8) is 0 Å². The number of fused-ring (bicyclic) bond motifs is 1. The van der Waals surface area contributed by atoms with Crippen LogP contribution < -0.4 is 5.32 Å². The van der Waals surface area contributed by atoms with E-state index >= 15 is 0 Å². The van der Waals surface area contributed by atoms with Gasteiger partial charge in [0.25, 0.3) is 0 Å². The summed E-state index contributed by atoms with van der Waals surface area (Å²) in [5, 5.41) is 10.0. The number of hydrogen-bond donors (Lipinski definition) is 2. The van der Waals surface area contributed by atoms with E-state index < -0.39 is 5.92 Å². The normalized spacial score (nSPS) is 16.4. The lowest BCUT2D eigenvalue weighted by Crippen LogP contribution is -2.27. The van der Waals surface area contributed by atoms with Crippen molar-refractivity contribution in [3.05, 3.63) is 57.3 Å². The summed E-state index contributed by atoms with van der Waals surface area (Å²) >= 11 is 1.60. The van der Waals surface area contributed by atoms with E-state index in [1.165, 1.54) is 0 Å². The maximum absolute atomic E-state index is 13.2. The van der Waals surface area contributed by atoms with Gasteiger partial charge in [0.05, 0.1) is 11.6 Å². The lowest BCUT2D eigenvalue weighted by atomic mass is 9.84. The molecule has 1 atom stereocenters. The van der Waals surface area contributed by atoms with E-state index in [1.807, 2.05) is 50.2 Å². The third-order valence-electron chi connectivity index (χ3n) is 4.49. The molecule has 6 heteroatoms. The summed E-state index contributed by atoms with van der Waals surface area (Å²) in [5.74, 6) is -0.262. The van der Waals surface area contributed by atoms with Crippen LogP contribution in [0.2, 0.25) is 0 Å². The number of hydrogen-bond acceptors (Lipinski definition) is 4. The predicted molar refractivity (Wildman–Crippen MR) is 98.1 cm³/mol. The maximum atomic E-state index is 13.2. The van der Waals surface area contributed by atoms with Gasteiger partial charge >= 0.3 is 0 Å². The van der Waals surface area contributed by atoms with Gasteiger partial charge in [-0.1, -0.05) is 30.3 Å². The summed E-state index contributed by atoms with van der Waals surface area (Å²) in [6.45, 7) is 3.93. The van der Waals surface area contributed by atoms with Gasteiger partial charge in [-0.15, -0.1) is 11.3 Å². The van der Waals surface area contributed by atoms with Crippen molar-refractivity contribution in [3.8, 4) is 11.3 Å². The summed E-state index contributed by atoms with van der Waals surface area (Å²) in [6.07, 6.45) is 0.138. The van der Waals surface area contributed by atoms with E-state index in [-0.39, 0.29) is 18.1 Å². The average molecular weight is 351 g/mol. The maximum Gasteiger partial charge on any atom is 0.226 e. The number of aromatic nitrogens is 2. The quantitative estimate of drug-likeness (QED) is 0.699. The Morgan fingerprint density at radius 1 is 1.24 bits per heavy atom. The highest BCUT2D eigenvalue weighted by Crippen LogP contribution is 2.40. The number of aromatic amines is 1. The van der Waals surface area contributed by atoms with E-state index in [1.54, 1.807) is 11.3 Å². The number of H-pyrrole nitrogens is 1. The second-order valence-electron chi connectivity index (χ2n) is 6.22. The molecule has 3 heterocycles. The topological polar surface area (TPSA) is 74.8 Å². The molecule has 0 fully saturated rings. The fraction of sp³-hybridized carbons (Fsp3) is 0.211. The molecule has 0 radical (unpaired) electrons. The van der Waals surface area contributed by atoms with E-state index in [0.29, 0.717) is 11.4 Å². The van der Waals surface area contributed by atoms with Crippen LogP contribution in [0.5, 0.6) is 0 Å². The molecule has 0 saturated carbocycles. The number of nitrogens with one attached hydrogen (secondary N) is 2. The first kappa shape index (κ1) is 15.8. The highest BCUT2D eigenvalue weighted by molar-refractivity contribution is 7.12. The van der Waals surface area contributed by atoms with Gasteiger partial charge in [0.15, 0.2) is 11.6 Å². The van der Waals surface area contributed by atoms with Gasteiger partial charge in [-0.25, -0.2) is 0 Å². The van der Waals surface area contributed by atoms with Crippen LogP contribution >= 0.6 is 11.3 Å². The standard InChI is InChI=1S/C19H17N3O2S/c1-10-8-13(11(2)25-10)18(24)14-9-15(23)20-19-16(14)17(21-22-19)12-6-4-3-5-7-12/h3-8,14H,9H2,1-2H3,(H2,20,21,22,23). The molecule has 1 aliphatic rings. The molecule has 3 aromatic rings. The molecule has 126 valence electrons. The average Bonchev–Trinajstić information content (AvgIpc) is 3.17. The number of amides is 1. The largest absolute Gasteiger partial charge is 0.309 e. The van der Waals surface area contributed by atoms with Crippen LogP contribution in [0.15, 0.2) is 36.4 Å². The van der Waals surface area contributed by atoms with Crippen LogP contribution in [-0.2, 0) is 4.79 Å². The van der Waals surface area contributed by atoms with Crippen molar-refractivity contribution in [1.82, 2.24) is 10.2 Å². The van der Waals surface area contributed by atoms with Crippen LogP contribution in [0.25, 0.3) is 11.3 Å². The summed E-state index contributed by atoms with van der Waals surface area (Å²) in [6, 6.07) is 11.7. The minimum Gasteiger partial charge on any atom is -0.309 e. The fourth-order valence-corrected chi connectivity index (χ4v) is 4.30. The molecule has 1 aromatic carbocycles. The minimum absolute atomic E-state index is 0.0171. The van der Waals surface area contributed by atoms with Crippen LogP contribution in [0.1, 0.15) is 38.0 Å². The zero-order valence-electron chi connectivity index (χ0n) is 13.9. The van der Waals surface area contributed by atoms with Gasteiger partial charge in [-0.2, -0.15) is 5.10 Å². The van der Waals surface area contributed by atoms with Gasteiger partial charge in [-0.05, 0) is 25.5 Å². The number of anilines is 1. The Balaban J connectivity index is 1.84. The molecule has 0 aliphatic carbocycles. The van der Waals surface area contributed by atoms with E-state index in [2.05, 4.69) is 15.5 Å². The monoisotopic (exact) mass is 351 g/mol. The molecule has 1 amide bonds. The number of benzene rings is 1. The molecule has 1 unspecified atom stereocenters. The Morgan fingerprint density at radius 3 is 2.68 bits per heavy atom. The van der Waals surface area contributed by atoms with E-state index in [4.69, 9.17) is 0 Å². The molecule has 1 aliphatic heterocycles. The van der Waals surface area contributed by atoms with Crippen molar-refractivity contribution in [2.24, 2.45) is 0 Å². The third-order valence-corrected chi connectivity index (χ3v) is 5.45. The zero-order chi connectivity index (χ0) is 17.6. The summed E-state index contributed by atoms with van der Waals surface area (Å²) in [7, 11) is 0. The molecule has 0 saturated heterocycles. The van der Waals surface area contributed by atoms with Gasteiger partial charge in [0.2, 0.25) is 5.91 Å². The smallest absolute Gasteiger partial charge is 0.226 e. The van der Waals surface area contributed by atoms with Crippen LogP contribution in [0.3, 0.4) is 0 Å². The number of carbonyl (C=O) groups is 2. The summed E-state index contributed by atoms with van der Waals surface area (Å²) < 4.78 is 0. The lowest BCUT2D eigenvalue weighted by molar-refractivity contribution is -0.116. The van der Waals surface area contributed by atoms with Crippen molar-refractivity contribution >= 4 is 28.8 Å². The fourth-order valence-electron chi connectivity index (χ4n) is 3.37. The number of carbonyl (C=O) groups excluding carboxylic acids is 2. The number of ketones is 1. The third kappa shape index (κ3) is 2.68. The second kappa shape index (κ2) is 5.97. The van der Waals surface area contributed by atoms with Crippen LogP contribution in [0.4, 0.5) is 5.82 Å². The van der Waals surface area contributed by atoms with Crippen molar-refractivity contribution < 1.29 is 9.59 Å². The molecule has 4 rings (SSSR count). The highest BCUT2D eigenvalue weighted by atomic mass is 32.1. The molecule has 0 bridgehead atoms. The summed E-state index contributed by atoms with van der Waals surface area (Å²) in [5.41, 5.74) is 3.22. The SMILES string of the molecule is Cc1cc(C(=O)C2CC(=O)Nc3n[nH]c(-c4ccccc4)c32)c(C)s1. The Hall–Kier alpha value is -2.73. The number of thiophene rings is 1. The first-order chi connectivity index (χ1) is 12.0. The number of aryl methyl sites for hydroxylation is 2. The molecular weight excluding hydrogens is 334 g/mol. The van der Waals surface area contributed by atoms with Gasteiger partial charge < -0.3 is 5.32 Å². The van der Waals surface area contributed by atoms with E-state index in [9.17, 15) is 9.59 Å². The number of rotatable bonds is 3. The Bertz CT molecular complexity index is 972. The highest BCUT2D eigenvalue weighted by Gasteiger charge is 2.36. The molecule has 0 spiro atoms.